The number of ether oxygens (including phenoxy) is 2. The molecule has 0 atom stereocenters. The van der Waals surface area contributed by atoms with Crippen molar-refractivity contribution in [2.24, 2.45) is 0 Å². The Kier molecular flexibility index (Phi) is 5.04. The molecule has 2 nitrogen and oxygen atoms in total. The van der Waals surface area contributed by atoms with Crippen molar-refractivity contribution in [2.75, 3.05) is 14.2 Å². The molecule has 128 valence electrons. The Morgan fingerprint density at radius 1 is 0.640 bits per heavy atom. The van der Waals surface area contributed by atoms with Crippen molar-refractivity contribution < 1.29 is 9.47 Å². The van der Waals surface area contributed by atoms with Gasteiger partial charge < -0.3 is 9.47 Å². The predicted octanol–water partition coefficient (Wildman–Crippen LogP) is 6.50. The van der Waals surface area contributed by atoms with Gasteiger partial charge in [-0.15, -0.1) is 0 Å². The Labute approximate surface area is 163 Å². The fourth-order valence-corrected chi connectivity index (χ4v) is 10.4. The normalized spacial score (nSPS) is 19.0. The molecule has 1 spiro atoms. The van der Waals surface area contributed by atoms with Crippen molar-refractivity contribution in [1.82, 2.24) is 0 Å². The van der Waals surface area contributed by atoms with Crippen LogP contribution in [0.4, 0.5) is 0 Å². The molecule has 2 heterocycles. The van der Waals surface area contributed by atoms with Crippen molar-refractivity contribution >= 4 is 54.3 Å². The van der Waals surface area contributed by atoms with Crippen LogP contribution < -0.4 is 0 Å². The summed E-state index contributed by atoms with van der Waals surface area (Å²) in [7, 11) is 10.6. The summed E-state index contributed by atoms with van der Waals surface area (Å²) in [6.45, 7) is 0. The van der Waals surface area contributed by atoms with E-state index in [4.69, 9.17) is 9.47 Å². The summed E-state index contributed by atoms with van der Waals surface area (Å²) in [6.07, 6.45) is 0. The van der Waals surface area contributed by atoms with Gasteiger partial charge in [0.25, 0.3) is 0 Å². The van der Waals surface area contributed by atoms with Crippen molar-refractivity contribution in [3.8, 4) is 0 Å². The zero-order valence-electron chi connectivity index (χ0n) is 13.7. The van der Waals surface area contributed by atoms with E-state index in [1.807, 2.05) is 33.7 Å². The lowest BCUT2D eigenvalue weighted by Gasteiger charge is -2.27. The number of methoxy groups -OCH3 is 2. The van der Waals surface area contributed by atoms with E-state index in [0.29, 0.717) is 0 Å². The molecule has 4 rings (SSSR count). The Morgan fingerprint density at radius 3 is 1.40 bits per heavy atom. The molecule has 25 heavy (non-hydrogen) atoms. The van der Waals surface area contributed by atoms with Crippen LogP contribution in [-0.2, 0) is 9.47 Å². The summed E-state index contributed by atoms with van der Waals surface area (Å²) in [5.74, 6) is 0. The summed E-state index contributed by atoms with van der Waals surface area (Å²) < 4.78 is 11.3. The van der Waals surface area contributed by atoms with Crippen LogP contribution in [0.5, 0.6) is 0 Å². The first kappa shape index (κ1) is 17.3. The van der Waals surface area contributed by atoms with Gasteiger partial charge in [0.2, 0.25) is 0 Å². The molecule has 2 aromatic carbocycles. The van der Waals surface area contributed by atoms with Crippen molar-refractivity contribution in [3.63, 3.8) is 0 Å². The minimum Gasteiger partial charge on any atom is -0.489 e. The average molecular weight is 405 g/mol. The van der Waals surface area contributed by atoms with E-state index in [9.17, 15) is 0 Å². The lowest BCUT2D eigenvalue weighted by Crippen LogP contribution is -2.19. The average Bonchev–Trinajstić information content (AvgIpc) is 3.24. The van der Waals surface area contributed by atoms with E-state index in [-0.39, 0.29) is 4.08 Å². The van der Waals surface area contributed by atoms with E-state index < -0.39 is 0 Å². The molecule has 0 fully saturated rings. The SMILES string of the molecule is COC1=C(c2ccccc2)C2(SS1)SSC(OC)=C2c1ccccc1. The molecule has 0 aromatic heterocycles. The van der Waals surface area contributed by atoms with Gasteiger partial charge in [-0.3, -0.25) is 0 Å². The fourth-order valence-electron chi connectivity index (χ4n) is 2.95. The zero-order valence-corrected chi connectivity index (χ0v) is 17.0. The zero-order chi connectivity index (χ0) is 17.3. The van der Waals surface area contributed by atoms with E-state index in [1.165, 1.54) is 22.3 Å². The van der Waals surface area contributed by atoms with E-state index in [2.05, 4.69) is 48.5 Å². The number of benzene rings is 2. The highest BCUT2D eigenvalue weighted by molar-refractivity contribution is 8.88. The van der Waals surface area contributed by atoms with Crippen LogP contribution in [0.2, 0.25) is 0 Å². The molecule has 0 unspecified atom stereocenters. The highest BCUT2D eigenvalue weighted by Crippen LogP contribution is 2.74. The van der Waals surface area contributed by atoms with Gasteiger partial charge >= 0.3 is 0 Å². The monoisotopic (exact) mass is 404 g/mol. The molecular formula is C19H16O2S4. The van der Waals surface area contributed by atoms with Crippen LogP contribution in [0.1, 0.15) is 11.1 Å². The smallest absolute Gasteiger partial charge is 0.169 e. The van der Waals surface area contributed by atoms with Gasteiger partial charge in [-0.1, -0.05) is 82.3 Å². The van der Waals surface area contributed by atoms with Gasteiger partial charge in [0, 0.05) is 11.1 Å². The first-order valence-corrected chi connectivity index (χ1v) is 12.0. The van der Waals surface area contributed by atoms with E-state index >= 15 is 0 Å². The second-order valence-electron chi connectivity index (χ2n) is 5.42. The third-order valence-corrected chi connectivity index (χ3v) is 10.6. The topological polar surface area (TPSA) is 18.5 Å². The molecular weight excluding hydrogens is 388 g/mol. The first-order chi connectivity index (χ1) is 12.3. The van der Waals surface area contributed by atoms with E-state index in [1.54, 1.807) is 35.8 Å². The highest BCUT2D eigenvalue weighted by Gasteiger charge is 2.54. The number of hydrogen-bond donors (Lipinski definition) is 0. The molecule has 0 radical (unpaired) electrons. The molecule has 0 saturated carbocycles. The molecule has 0 bridgehead atoms. The molecule has 2 aromatic rings. The summed E-state index contributed by atoms with van der Waals surface area (Å²) >= 11 is 0. The lowest BCUT2D eigenvalue weighted by atomic mass is 9.94. The Hall–Kier alpha value is -1.08. The van der Waals surface area contributed by atoms with Crippen LogP contribution in [0, 0.1) is 0 Å². The van der Waals surface area contributed by atoms with Crippen LogP contribution in [0.3, 0.4) is 0 Å². The summed E-state index contributed by atoms with van der Waals surface area (Å²) in [6, 6.07) is 21.0. The number of rotatable bonds is 4. The molecule has 0 saturated heterocycles. The summed E-state index contributed by atoms with van der Waals surface area (Å²) in [5.41, 5.74) is 4.81. The minimum atomic E-state index is -0.255. The van der Waals surface area contributed by atoms with E-state index in [0.717, 1.165) is 10.2 Å². The van der Waals surface area contributed by atoms with Gasteiger partial charge in [0.05, 0.1) is 14.2 Å². The molecule has 2 aliphatic heterocycles. The molecule has 0 N–H and O–H groups in total. The Morgan fingerprint density at radius 2 is 1.04 bits per heavy atom. The van der Waals surface area contributed by atoms with Crippen molar-refractivity contribution in [1.29, 1.82) is 0 Å². The second-order valence-corrected chi connectivity index (χ2v) is 10.3. The Bertz CT molecular complexity index is 760. The Balaban J connectivity index is 1.93. The molecule has 0 amide bonds. The first-order valence-electron chi connectivity index (χ1n) is 7.70. The maximum atomic E-state index is 5.75. The predicted molar refractivity (Wildman–Crippen MR) is 114 cm³/mol. The van der Waals surface area contributed by atoms with Gasteiger partial charge in [0.15, 0.2) is 10.2 Å². The third kappa shape index (κ3) is 2.89. The molecule has 6 heteroatoms. The van der Waals surface area contributed by atoms with Gasteiger partial charge in [0.1, 0.15) is 4.08 Å². The van der Waals surface area contributed by atoms with Gasteiger partial charge in [-0.2, -0.15) is 0 Å². The second kappa shape index (κ2) is 7.27. The maximum absolute atomic E-state index is 5.75. The maximum Gasteiger partial charge on any atom is 0.169 e. The summed E-state index contributed by atoms with van der Waals surface area (Å²) in [5, 5.41) is 1.94. The van der Waals surface area contributed by atoms with Crippen LogP contribution in [0.15, 0.2) is 70.8 Å². The molecule has 2 aliphatic rings. The highest BCUT2D eigenvalue weighted by atomic mass is 33.1. The van der Waals surface area contributed by atoms with Crippen molar-refractivity contribution in [2.45, 2.75) is 4.08 Å². The largest absolute Gasteiger partial charge is 0.489 e. The third-order valence-electron chi connectivity index (χ3n) is 4.03. The van der Waals surface area contributed by atoms with Crippen LogP contribution >= 0.6 is 43.2 Å². The van der Waals surface area contributed by atoms with Gasteiger partial charge in [-0.05, 0) is 32.7 Å². The number of hydrogen-bond acceptors (Lipinski definition) is 6. The standard InChI is InChI=1S/C19H16O2S4/c1-20-17-15(13-9-5-3-6-10-13)19(24-22-17)16(18(21-2)23-25-19)14-11-7-4-8-12-14/h3-12H,1-2H3. The minimum absolute atomic E-state index is 0.255. The fraction of sp³-hybridized carbons (Fsp3) is 0.158. The molecule has 0 aliphatic carbocycles. The summed E-state index contributed by atoms with van der Waals surface area (Å²) in [4.78, 5) is 0. The van der Waals surface area contributed by atoms with Crippen molar-refractivity contribution in [3.05, 3.63) is 82.0 Å². The quantitative estimate of drug-likeness (QED) is 0.537. The van der Waals surface area contributed by atoms with Gasteiger partial charge in [-0.25, -0.2) is 0 Å². The lowest BCUT2D eigenvalue weighted by molar-refractivity contribution is 0.325. The van der Waals surface area contributed by atoms with Crippen LogP contribution in [-0.4, -0.2) is 18.3 Å². The van der Waals surface area contributed by atoms with Crippen LogP contribution in [0.25, 0.3) is 11.1 Å².